The maximum atomic E-state index is 14.4. The molecule has 2 amide bonds. The van der Waals surface area contributed by atoms with Gasteiger partial charge in [-0.3, -0.25) is 14.3 Å². The van der Waals surface area contributed by atoms with Gasteiger partial charge < -0.3 is 29.7 Å². The number of ether oxygens (including phenoxy) is 2. The molecule has 2 aromatic carbocycles. The van der Waals surface area contributed by atoms with Gasteiger partial charge in [0.2, 0.25) is 5.91 Å². The molecule has 0 radical (unpaired) electrons. The molecule has 3 aromatic rings. The number of aromatic nitrogens is 3. The van der Waals surface area contributed by atoms with Crippen molar-refractivity contribution in [1.29, 1.82) is 0 Å². The van der Waals surface area contributed by atoms with Gasteiger partial charge in [-0.2, -0.15) is 0 Å². The van der Waals surface area contributed by atoms with E-state index in [1.807, 2.05) is 43.6 Å². The van der Waals surface area contributed by atoms with Crippen LogP contribution in [0, 0.1) is 5.92 Å². The third-order valence-electron chi connectivity index (χ3n) is 9.95. The van der Waals surface area contributed by atoms with E-state index in [9.17, 15) is 14.7 Å². The third kappa shape index (κ3) is 4.93. The number of fused-ring (bicyclic) bond motifs is 2. The predicted octanol–water partition coefficient (Wildman–Crippen LogP) is 2.04. The second-order valence-corrected chi connectivity index (χ2v) is 17.4. The lowest BCUT2D eigenvalue weighted by Gasteiger charge is -2.37. The Morgan fingerprint density at radius 3 is 2.66 bits per heavy atom. The first-order chi connectivity index (χ1) is 21.1. The highest BCUT2D eigenvalue weighted by Gasteiger charge is 2.65. The molecule has 2 saturated heterocycles. The first-order valence-corrected chi connectivity index (χ1v) is 18.5. The minimum absolute atomic E-state index is 0.0144. The van der Waals surface area contributed by atoms with Crippen molar-refractivity contribution in [3.63, 3.8) is 0 Å². The second-order valence-electron chi connectivity index (χ2n) is 12.7. The highest BCUT2D eigenvalue weighted by molar-refractivity contribution is 6.91. The van der Waals surface area contributed by atoms with E-state index in [1.54, 1.807) is 21.6 Å². The average Bonchev–Trinajstić information content (AvgIpc) is 3.66. The minimum atomic E-state index is -2.28. The number of anilines is 2. The van der Waals surface area contributed by atoms with Gasteiger partial charge in [-0.15, -0.1) is 5.10 Å². The lowest BCUT2D eigenvalue weighted by molar-refractivity contribution is -0.145. The van der Waals surface area contributed by atoms with Crippen LogP contribution in [0.5, 0.6) is 5.75 Å². The monoisotopic (exact) mass is 618 g/mol. The normalized spacial score (nSPS) is 25.3. The van der Waals surface area contributed by atoms with Crippen LogP contribution < -0.4 is 25.0 Å². The number of rotatable bonds is 9. The second kappa shape index (κ2) is 11.7. The van der Waals surface area contributed by atoms with Gasteiger partial charge in [0.25, 0.3) is 5.91 Å². The fourth-order valence-electron chi connectivity index (χ4n) is 7.66. The Morgan fingerprint density at radius 1 is 1.18 bits per heavy atom. The Labute approximate surface area is 259 Å². The van der Waals surface area contributed by atoms with Gasteiger partial charge in [-0.25, -0.2) is 0 Å². The fourth-order valence-corrected chi connectivity index (χ4v) is 11.7. The molecular weight excluding hydrogens is 576 g/mol. The van der Waals surface area contributed by atoms with Crippen LogP contribution in [0.1, 0.15) is 24.6 Å². The van der Waals surface area contributed by atoms with E-state index >= 15 is 0 Å². The number of carbonyl (C=O) groups is 2. The number of amides is 2. The van der Waals surface area contributed by atoms with E-state index in [1.165, 1.54) is 5.19 Å². The molecule has 11 nitrogen and oxygen atoms in total. The van der Waals surface area contributed by atoms with Crippen molar-refractivity contribution < 1.29 is 24.2 Å². The number of carbonyl (C=O) groups excluding carboxylic acids is 2. The number of likely N-dealkylation sites (N-methyl/N-ethyl adjacent to an activating group) is 1. The van der Waals surface area contributed by atoms with E-state index < -0.39 is 13.7 Å². The Kier molecular flexibility index (Phi) is 8.12. The number of aliphatic hydroxyl groups is 1. The first kappa shape index (κ1) is 30.4. The maximum absolute atomic E-state index is 14.4. The number of nitrogens with zero attached hydrogens (tertiary/aromatic N) is 5. The van der Waals surface area contributed by atoms with Crippen LogP contribution in [0.3, 0.4) is 0 Å². The molecule has 1 spiro atoms. The van der Waals surface area contributed by atoms with Gasteiger partial charge in [0, 0.05) is 63.1 Å². The quantitative estimate of drug-likeness (QED) is 0.350. The number of hydrogen-bond donors (Lipinski definition) is 2. The summed E-state index contributed by atoms with van der Waals surface area (Å²) in [5.74, 6) is 0.619. The standard InChI is InChI=1S/C32H42N6O5Si/c1-21-30(44(4,5)25-9-7-24(42-3)8-10-25)28(12-15-37-20-22(13-17-39)34-35-37)43-32(21)26-18-23(38-16-14-33-19-29(38)40)6-11-27(26)36(2)31(32)41/h6-11,18,20-21,28,30,33,39H,12-17,19H2,1-5H3/t21-,28+,30-,32+/m1/s1. The van der Waals surface area contributed by atoms with Crippen molar-refractivity contribution in [3.05, 3.63) is 59.9 Å². The number of aryl methyl sites for hydroxylation is 1. The molecule has 12 heteroatoms. The zero-order valence-corrected chi connectivity index (χ0v) is 27.1. The summed E-state index contributed by atoms with van der Waals surface area (Å²) in [4.78, 5) is 30.7. The molecule has 3 aliphatic heterocycles. The molecule has 6 rings (SSSR count). The van der Waals surface area contributed by atoms with E-state index in [2.05, 4.69) is 47.8 Å². The smallest absolute Gasteiger partial charge is 0.264 e. The predicted molar refractivity (Wildman–Crippen MR) is 170 cm³/mol. The van der Waals surface area contributed by atoms with Crippen molar-refractivity contribution >= 4 is 36.4 Å². The molecule has 2 N–H and O–H groups in total. The lowest BCUT2D eigenvalue weighted by atomic mass is 9.82. The zero-order chi connectivity index (χ0) is 31.2. The van der Waals surface area contributed by atoms with Gasteiger partial charge in [-0.05, 0) is 42.3 Å². The van der Waals surface area contributed by atoms with Crippen LogP contribution in [0.4, 0.5) is 11.4 Å². The molecule has 0 aliphatic carbocycles. The van der Waals surface area contributed by atoms with E-state index in [4.69, 9.17) is 9.47 Å². The molecule has 234 valence electrons. The summed E-state index contributed by atoms with van der Waals surface area (Å²) >= 11 is 0. The van der Waals surface area contributed by atoms with Crippen LogP contribution in [-0.2, 0) is 32.9 Å². The SMILES string of the molecule is COc1ccc([Si](C)(C)[C@H]2[C@H](CCn3cc(CCO)nn3)O[C@@]3(C(=O)N(C)c4ccc(N5CCNCC5=O)cc43)[C@@H]2C)cc1. The van der Waals surface area contributed by atoms with Crippen molar-refractivity contribution in [2.45, 2.75) is 56.7 Å². The minimum Gasteiger partial charge on any atom is -0.497 e. The Bertz CT molecular complexity index is 1540. The summed E-state index contributed by atoms with van der Waals surface area (Å²) in [6, 6.07) is 14.2. The maximum Gasteiger partial charge on any atom is 0.264 e. The van der Waals surface area contributed by atoms with Gasteiger partial charge in [-0.1, -0.05) is 42.6 Å². The fraction of sp³-hybridized carbons (Fsp3) is 0.500. The number of nitrogens with one attached hydrogen (secondary N) is 1. The van der Waals surface area contributed by atoms with Gasteiger partial charge >= 0.3 is 0 Å². The molecule has 0 unspecified atom stereocenters. The highest BCUT2D eigenvalue weighted by Crippen LogP contribution is 2.60. The van der Waals surface area contributed by atoms with Crippen LogP contribution >= 0.6 is 0 Å². The molecule has 2 fully saturated rings. The summed E-state index contributed by atoms with van der Waals surface area (Å²) in [6.45, 7) is 9.06. The summed E-state index contributed by atoms with van der Waals surface area (Å²) in [6.07, 6.45) is 2.74. The lowest BCUT2D eigenvalue weighted by Crippen LogP contribution is -2.51. The molecule has 0 saturated carbocycles. The summed E-state index contributed by atoms with van der Waals surface area (Å²) in [5.41, 5.74) is 2.10. The zero-order valence-electron chi connectivity index (χ0n) is 26.1. The number of aliphatic hydroxyl groups excluding tert-OH is 1. The van der Waals surface area contributed by atoms with Gasteiger partial charge in [0.1, 0.15) is 5.75 Å². The van der Waals surface area contributed by atoms with E-state index in [0.29, 0.717) is 39.0 Å². The first-order valence-electron chi connectivity index (χ1n) is 15.4. The number of methoxy groups -OCH3 is 1. The topological polar surface area (TPSA) is 122 Å². The van der Waals surface area contributed by atoms with Crippen LogP contribution in [0.25, 0.3) is 0 Å². The van der Waals surface area contributed by atoms with Gasteiger partial charge in [0.15, 0.2) is 5.60 Å². The number of hydrogen-bond acceptors (Lipinski definition) is 8. The van der Waals surface area contributed by atoms with Crippen LogP contribution in [-0.4, -0.2) is 86.5 Å². The summed E-state index contributed by atoms with van der Waals surface area (Å²) in [5, 5.41) is 22.2. The molecule has 4 atom stereocenters. The van der Waals surface area contributed by atoms with Crippen molar-refractivity contribution in [2.24, 2.45) is 5.92 Å². The molecule has 3 aliphatic rings. The van der Waals surface area contributed by atoms with Crippen LogP contribution in [0.15, 0.2) is 48.7 Å². The summed E-state index contributed by atoms with van der Waals surface area (Å²) < 4.78 is 14.4. The molecular formula is C32H42N6O5Si. The molecule has 4 heterocycles. The molecule has 0 bridgehead atoms. The summed E-state index contributed by atoms with van der Waals surface area (Å²) in [7, 11) is 1.20. The number of benzene rings is 2. The van der Waals surface area contributed by atoms with Crippen molar-refractivity contribution in [3.8, 4) is 5.75 Å². The van der Waals surface area contributed by atoms with Crippen LogP contribution in [0.2, 0.25) is 18.6 Å². The molecule has 1 aromatic heterocycles. The number of piperazine rings is 1. The Hall–Kier alpha value is -3.58. The Balaban J connectivity index is 1.41. The van der Waals surface area contributed by atoms with E-state index in [0.717, 1.165) is 28.4 Å². The van der Waals surface area contributed by atoms with Gasteiger partial charge in [0.05, 0.1) is 39.2 Å². The van der Waals surface area contributed by atoms with Crippen molar-refractivity contribution in [2.75, 3.05) is 50.2 Å². The largest absolute Gasteiger partial charge is 0.497 e. The van der Waals surface area contributed by atoms with E-state index in [-0.39, 0.29) is 36.0 Å². The third-order valence-corrected chi connectivity index (χ3v) is 14.3. The Morgan fingerprint density at radius 2 is 1.95 bits per heavy atom. The van der Waals surface area contributed by atoms with Crippen molar-refractivity contribution in [1.82, 2.24) is 20.3 Å². The average molecular weight is 619 g/mol. The highest BCUT2D eigenvalue weighted by atomic mass is 28.3. The molecule has 44 heavy (non-hydrogen) atoms.